The van der Waals surface area contributed by atoms with E-state index in [9.17, 15) is 4.79 Å². The Bertz CT molecular complexity index is 471. The lowest BCUT2D eigenvalue weighted by molar-refractivity contribution is -0.119. The van der Waals surface area contributed by atoms with E-state index in [1.807, 2.05) is 19.9 Å². The number of benzene rings is 1. The van der Waals surface area contributed by atoms with E-state index >= 15 is 0 Å². The molecule has 0 bridgehead atoms. The lowest BCUT2D eigenvalue weighted by Gasteiger charge is -2.32. The van der Waals surface area contributed by atoms with Crippen molar-refractivity contribution in [3.8, 4) is 6.07 Å². The number of nitriles is 1. The fourth-order valence-electron chi connectivity index (χ4n) is 1.50. The van der Waals surface area contributed by atoms with Crippen LogP contribution in [0.1, 0.15) is 19.4 Å². The lowest BCUT2D eigenvalue weighted by Crippen LogP contribution is -2.47. The van der Waals surface area contributed by atoms with Crippen molar-refractivity contribution < 1.29 is 4.79 Å². The van der Waals surface area contributed by atoms with Gasteiger partial charge in [-0.15, -0.1) is 0 Å². The molecule has 2 N–H and O–H groups in total. The molecule has 0 aliphatic carbocycles. The molecule has 0 unspecified atom stereocenters. The molecular weight excluding hydrogens is 190 g/mol. The summed E-state index contributed by atoms with van der Waals surface area (Å²) < 4.78 is 0. The highest BCUT2D eigenvalue weighted by Crippen LogP contribution is 2.31. The summed E-state index contributed by atoms with van der Waals surface area (Å²) in [5.41, 5.74) is 1.44. The smallest absolute Gasteiger partial charge is 0.249 e. The number of amides is 1. The third-order valence-corrected chi connectivity index (χ3v) is 2.41. The third kappa shape index (κ3) is 1.52. The van der Waals surface area contributed by atoms with Gasteiger partial charge in [-0.05, 0) is 32.0 Å². The van der Waals surface area contributed by atoms with Crippen molar-refractivity contribution in [2.45, 2.75) is 19.4 Å². The average Bonchev–Trinajstić information content (AvgIpc) is 2.19. The summed E-state index contributed by atoms with van der Waals surface area (Å²) in [6.07, 6.45) is 0. The first-order valence-corrected chi connectivity index (χ1v) is 4.67. The molecule has 0 saturated heterocycles. The van der Waals surface area contributed by atoms with E-state index in [0.29, 0.717) is 11.3 Å². The summed E-state index contributed by atoms with van der Waals surface area (Å²) in [5.74, 6) is -0.0925. The Morgan fingerprint density at radius 3 is 2.73 bits per heavy atom. The number of nitrogens with zero attached hydrogens (tertiary/aromatic N) is 1. The van der Waals surface area contributed by atoms with Crippen LogP contribution in [-0.2, 0) is 4.79 Å². The molecule has 0 fully saturated rings. The molecule has 1 amide bonds. The van der Waals surface area contributed by atoms with Gasteiger partial charge in [-0.2, -0.15) is 5.26 Å². The first kappa shape index (κ1) is 9.53. The largest absolute Gasteiger partial charge is 0.370 e. The Hall–Kier alpha value is -2.02. The fourth-order valence-corrected chi connectivity index (χ4v) is 1.50. The number of nitrogens with one attached hydrogen (secondary N) is 2. The molecule has 0 atom stereocenters. The Morgan fingerprint density at radius 1 is 1.33 bits per heavy atom. The first-order valence-electron chi connectivity index (χ1n) is 4.67. The van der Waals surface area contributed by atoms with Gasteiger partial charge in [0.05, 0.1) is 23.0 Å². The van der Waals surface area contributed by atoms with Gasteiger partial charge >= 0.3 is 0 Å². The Kier molecular flexibility index (Phi) is 1.90. The third-order valence-electron chi connectivity index (χ3n) is 2.41. The van der Waals surface area contributed by atoms with Crippen molar-refractivity contribution >= 4 is 17.3 Å². The van der Waals surface area contributed by atoms with E-state index in [1.54, 1.807) is 18.2 Å². The molecule has 0 saturated carbocycles. The van der Waals surface area contributed by atoms with Crippen molar-refractivity contribution in [1.82, 2.24) is 0 Å². The number of hydrogen-bond donors (Lipinski definition) is 2. The number of rotatable bonds is 0. The van der Waals surface area contributed by atoms with Crippen molar-refractivity contribution in [2.75, 3.05) is 10.6 Å². The van der Waals surface area contributed by atoms with Gasteiger partial charge in [0.2, 0.25) is 5.91 Å². The van der Waals surface area contributed by atoms with Gasteiger partial charge in [-0.1, -0.05) is 0 Å². The molecule has 1 heterocycles. The number of hydrogen-bond acceptors (Lipinski definition) is 3. The first-order chi connectivity index (χ1) is 7.03. The Morgan fingerprint density at radius 2 is 2.07 bits per heavy atom. The van der Waals surface area contributed by atoms with Crippen LogP contribution < -0.4 is 10.6 Å². The van der Waals surface area contributed by atoms with Crippen LogP contribution in [0, 0.1) is 11.3 Å². The second-order valence-electron chi connectivity index (χ2n) is 4.08. The van der Waals surface area contributed by atoms with Gasteiger partial charge in [0.25, 0.3) is 0 Å². The molecular formula is C11H11N3O. The molecule has 0 aromatic heterocycles. The summed E-state index contributed by atoms with van der Waals surface area (Å²) in [5, 5.41) is 14.6. The number of carbonyl (C=O) groups is 1. The van der Waals surface area contributed by atoms with E-state index in [-0.39, 0.29) is 5.91 Å². The molecule has 1 aromatic rings. The summed E-state index contributed by atoms with van der Waals surface area (Å²) in [6, 6.07) is 7.22. The maximum atomic E-state index is 11.6. The molecule has 1 aromatic carbocycles. The lowest BCUT2D eigenvalue weighted by atomic mass is 9.99. The van der Waals surface area contributed by atoms with Crippen molar-refractivity contribution in [2.24, 2.45) is 0 Å². The maximum Gasteiger partial charge on any atom is 0.249 e. The summed E-state index contributed by atoms with van der Waals surface area (Å²) in [4.78, 5) is 11.6. The van der Waals surface area contributed by atoms with E-state index in [1.165, 1.54) is 0 Å². The molecule has 0 radical (unpaired) electrons. The van der Waals surface area contributed by atoms with Crippen molar-refractivity contribution in [3.63, 3.8) is 0 Å². The highest BCUT2D eigenvalue weighted by molar-refractivity contribution is 6.05. The molecule has 1 aliphatic heterocycles. The predicted molar refractivity (Wildman–Crippen MR) is 57.5 cm³/mol. The zero-order chi connectivity index (χ0) is 11.1. The second-order valence-corrected chi connectivity index (χ2v) is 4.08. The molecule has 15 heavy (non-hydrogen) atoms. The number of fused-ring (bicyclic) bond motifs is 1. The summed E-state index contributed by atoms with van der Waals surface area (Å²) in [7, 11) is 0. The van der Waals surface area contributed by atoms with Crippen LogP contribution in [0.25, 0.3) is 0 Å². The SMILES string of the molecule is CC1(C)Nc2ccc(C#N)cc2NC1=O. The molecule has 2 rings (SSSR count). The zero-order valence-corrected chi connectivity index (χ0v) is 8.59. The van der Waals surface area contributed by atoms with Gasteiger partial charge in [-0.25, -0.2) is 0 Å². The molecule has 1 aliphatic rings. The monoisotopic (exact) mass is 201 g/mol. The normalized spacial score (nSPS) is 17.0. The van der Waals surface area contributed by atoms with E-state index in [0.717, 1.165) is 5.69 Å². The number of carbonyl (C=O) groups excluding carboxylic acids is 1. The molecule has 4 nitrogen and oxygen atoms in total. The average molecular weight is 201 g/mol. The highest BCUT2D eigenvalue weighted by Gasteiger charge is 2.32. The highest BCUT2D eigenvalue weighted by atomic mass is 16.2. The van der Waals surface area contributed by atoms with Gasteiger partial charge in [0, 0.05) is 0 Å². The van der Waals surface area contributed by atoms with Gasteiger partial charge in [-0.3, -0.25) is 4.79 Å². The van der Waals surface area contributed by atoms with Gasteiger partial charge in [0.15, 0.2) is 0 Å². The summed E-state index contributed by atoms with van der Waals surface area (Å²) >= 11 is 0. The van der Waals surface area contributed by atoms with Crippen LogP contribution in [0.3, 0.4) is 0 Å². The minimum Gasteiger partial charge on any atom is -0.370 e. The fraction of sp³-hybridized carbons (Fsp3) is 0.273. The van der Waals surface area contributed by atoms with Crippen LogP contribution in [0.2, 0.25) is 0 Å². The Balaban J connectivity index is 2.46. The van der Waals surface area contributed by atoms with Crippen LogP contribution in [-0.4, -0.2) is 11.4 Å². The van der Waals surface area contributed by atoms with Gasteiger partial charge < -0.3 is 10.6 Å². The second kappa shape index (κ2) is 2.99. The minimum atomic E-state index is -0.610. The quantitative estimate of drug-likeness (QED) is 0.671. The van der Waals surface area contributed by atoms with E-state index in [4.69, 9.17) is 5.26 Å². The Labute approximate surface area is 87.9 Å². The summed E-state index contributed by atoms with van der Waals surface area (Å²) in [6.45, 7) is 3.62. The van der Waals surface area contributed by atoms with Crippen LogP contribution in [0.4, 0.5) is 11.4 Å². The molecule has 0 spiro atoms. The minimum absolute atomic E-state index is 0.0925. The maximum absolute atomic E-state index is 11.6. The van der Waals surface area contributed by atoms with Crippen molar-refractivity contribution in [3.05, 3.63) is 23.8 Å². The molecule has 76 valence electrons. The van der Waals surface area contributed by atoms with E-state index in [2.05, 4.69) is 10.6 Å². The standard InChI is InChI=1S/C11H11N3O/c1-11(2)10(15)13-9-5-7(6-12)3-4-8(9)14-11/h3-5,14H,1-2H3,(H,13,15). The van der Waals surface area contributed by atoms with E-state index < -0.39 is 5.54 Å². The van der Waals surface area contributed by atoms with Crippen LogP contribution in [0.5, 0.6) is 0 Å². The zero-order valence-electron chi connectivity index (χ0n) is 8.59. The molecule has 4 heteroatoms. The van der Waals surface area contributed by atoms with Crippen LogP contribution >= 0.6 is 0 Å². The van der Waals surface area contributed by atoms with Crippen molar-refractivity contribution in [1.29, 1.82) is 5.26 Å². The number of anilines is 2. The topological polar surface area (TPSA) is 64.9 Å². The predicted octanol–water partition coefficient (Wildman–Crippen LogP) is 1.70. The van der Waals surface area contributed by atoms with Gasteiger partial charge in [0.1, 0.15) is 5.54 Å². The van der Waals surface area contributed by atoms with Crippen LogP contribution in [0.15, 0.2) is 18.2 Å².